The first-order chi connectivity index (χ1) is 14.8. The van der Waals surface area contributed by atoms with Gasteiger partial charge in [0.2, 0.25) is 0 Å². The van der Waals surface area contributed by atoms with E-state index in [1.807, 2.05) is 24.3 Å². The molecule has 4 heteroatoms. The molecule has 0 saturated heterocycles. The molecule has 4 rings (SSSR count). The van der Waals surface area contributed by atoms with Gasteiger partial charge >= 0.3 is 5.97 Å². The van der Waals surface area contributed by atoms with Crippen molar-refractivity contribution in [2.45, 2.75) is 72.1 Å². The summed E-state index contributed by atoms with van der Waals surface area (Å²) < 4.78 is 5.89. The second-order valence-corrected chi connectivity index (χ2v) is 10.2. The van der Waals surface area contributed by atoms with Gasteiger partial charge in [0, 0.05) is 19.0 Å². The summed E-state index contributed by atoms with van der Waals surface area (Å²) in [5, 5.41) is 12.6. The Labute approximate surface area is 186 Å². The zero-order chi connectivity index (χ0) is 22.1. The summed E-state index contributed by atoms with van der Waals surface area (Å²) in [7, 11) is 0. The molecule has 3 atom stereocenters. The van der Waals surface area contributed by atoms with E-state index in [0.717, 1.165) is 29.3 Å². The Morgan fingerprint density at radius 2 is 1.68 bits per heavy atom. The maximum absolute atomic E-state index is 10.7. The van der Waals surface area contributed by atoms with Crippen LogP contribution in [-0.4, -0.2) is 17.1 Å². The van der Waals surface area contributed by atoms with Crippen molar-refractivity contribution in [3.63, 3.8) is 0 Å². The van der Waals surface area contributed by atoms with E-state index in [-0.39, 0.29) is 6.42 Å². The van der Waals surface area contributed by atoms with Crippen LogP contribution in [0.5, 0.6) is 5.75 Å². The van der Waals surface area contributed by atoms with Gasteiger partial charge in [-0.3, -0.25) is 4.79 Å². The molecule has 2 aromatic rings. The first kappa shape index (κ1) is 21.9. The normalized spacial score (nSPS) is 26.2. The number of fused-ring (bicyclic) bond motifs is 2. The van der Waals surface area contributed by atoms with E-state index in [1.165, 1.54) is 24.8 Å². The lowest BCUT2D eigenvalue weighted by atomic mass is 9.69. The molecule has 2 bridgehead atoms. The van der Waals surface area contributed by atoms with Gasteiger partial charge in [-0.05, 0) is 71.3 Å². The van der Waals surface area contributed by atoms with Crippen molar-refractivity contribution >= 4 is 5.97 Å². The second kappa shape index (κ2) is 8.66. The highest BCUT2D eigenvalue weighted by Crippen LogP contribution is 2.65. The Morgan fingerprint density at radius 3 is 2.26 bits per heavy atom. The van der Waals surface area contributed by atoms with Gasteiger partial charge in [0.1, 0.15) is 12.4 Å². The molecule has 2 aliphatic carbocycles. The molecule has 4 nitrogen and oxygen atoms in total. The summed E-state index contributed by atoms with van der Waals surface area (Å²) in [4.78, 5) is 10.7. The quantitative estimate of drug-likeness (QED) is 0.554. The van der Waals surface area contributed by atoms with Gasteiger partial charge in [0.05, 0.1) is 0 Å². The molecule has 2 aromatic carbocycles. The Hall–Kier alpha value is -2.33. The summed E-state index contributed by atoms with van der Waals surface area (Å²) >= 11 is 0. The zero-order valence-electron chi connectivity index (χ0n) is 19.0. The van der Waals surface area contributed by atoms with Crippen molar-refractivity contribution in [2.75, 3.05) is 0 Å². The van der Waals surface area contributed by atoms with E-state index in [2.05, 4.69) is 50.4 Å². The number of carbonyl (C=O) groups is 1. The summed E-state index contributed by atoms with van der Waals surface area (Å²) in [5.41, 5.74) is 4.33. The van der Waals surface area contributed by atoms with Gasteiger partial charge in [-0.15, -0.1) is 0 Å². The molecule has 2 N–H and O–H groups in total. The molecule has 0 radical (unpaired) electrons. The van der Waals surface area contributed by atoms with Gasteiger partial charge in [0.25, 0.3) is 0 Å². The smallest absolute Gasteiger partial charge is 0.303 e. The van der Waals surface area contributed by atoms with Crippen LogP contribution < -0.4 is 10.1 Å². The third-order valence-corrected chi connectivity index (χ3v) is 8.33. The van der Waals surface area contributed by atoms with E-state index in [4.69, 9.17) is 9.84 Å². The minimum absolute atomic E-state index is 0.153. The van der Waals surface area contributed by atoms with E-state index >= 15 is 0 Å². The van der Waals surface area contributed by atoms with Crippen molar-refractivity contribution in [3.8, 4) is 5.75 Å². The Bertz CT molecular complexity index is 903. The van der Waals surface area contributed by atoms with Crippen LogP contribution in [0.15, 0.2) is 48.5 Å². The lowest BCUT2D eigenvalue weighted by Crippen LogP contribution is -2.44. The predicted octanol–water partition coefficient (Wildman–Crippen LogP) is 5.59. The van der Waals surface area contributed by atoms with Gasteiger partial charge in [-0.25, -0.2) is 0 Å². The number of aryl methyl sites for hydroxylation is 1. The fraction of sp³-hybridized carbons (Fsp3) is 0.519. The number of carboxylic acid groups (broad SMARTS) is 1. The van der Waals surface area contributed by atoms with Gasteiger partial charge < -0.3 is 15.2 Å². The van der Waals surface area contributed by atoms with Crippen LogP contribution in [0.1, 0.15) is 63.1 Å². The molecule has 0 unspecified atom stereocenters. The molecule has 166 valence electrons. The standard InChI is InChI=1S/C27H35NO3/c1-26(2)22-14-15-27(26,3)24(16-22)28-17-20-4-6-21(7-5-20)18-31-23-11-8-19(9-12-23)10-13-25(29)30/h4-9,11-12,22,24,28H,10,13-18H2,1-3H3,(H,29,30)/t22-,24-,27+/m1/s1. The maximum atomic E-state index is 10.7. The summed E-state index contributed by atoms with van der Waals surface area (Å²) in [6, 6.07) is 17.0. The number of aliphatic carboxylic acids is 1. The molecule has 0 aliphatic heterocycles. The maximum Gasteiger partial charge on any atom is 0.303 e. The lowest BCUT2D eigenvalue weighted by Gasteiger charge is -2.39. The zero-order valence-corrected chi connectivity index (χ0v) is 19.0. The average Bonchev–Trinajstić information content (AvgIpc) is 3.09. The number of hydrogen-bond donors (Lipinski definition) is 2. The third kappa shape index (κ3) is 4.50. The Balaban J connectivity index is 1.25. The molecule has 2 aliphatic rings. The lowest BCUT2D eigenvalue weighted by molar-refractivity contribution is -0.136. The largest absolute Gasteiger partial charge is 0.489 e. The number of ether oxygens (including phenoxy) is 1. The fourth-order valence-electron chi connectivity index (χ4n) is 5.68. The molecule has 0 spiro atoms. The van der Waals surface area contributed by atoms with Crippen LogP contribution in [0, 0.1) is 16.7 Å². The number of hydrogen-bond acceptors (Lipinski definition) is 3. The SMILES string of the molecule is CC1(C)[C@@H]2CC[C@@]1(C)[C@H](NCc1ccc(COc3ccc(CCC(=O)O)cc3)cc1)C2. The first-order valence-corrected chi connectivity index (χ1v) is 11.5. The highest BCUT2D eigenvalue weighted by Gasteiger charge is 2.60. The number of carboxylic acids is 1. The average molecular weight is 422 g/mol. The Kier molecular flexibility index (Phi) is 6.11. The predicted molar refractivity (Wildman–Crippen MR) is 123 cm³/mol. The molecule has 31 heavy (non-hydrogen) atoms. The van der Waals surface area contributed by atoms with Crippen LogP contribution in [-0.2, 0) is 24.4 Å². The molecule has 0 aromatic heterocycles. The minimum Gasteiger partial charge on any atom is -0.489 e. The van der Waals surface area contributed by atoms with Crippen molar-refractivity contribution < 1.29 is 14.6 Å². The minimum atomic E-state index is -0.771. The van der Waals surface area contributed by atoms with Crippen LogP contribution in [0.25, 0.3) is 0 Å². The molecule has 0 heterocycles. The number of rotatable bonds is 9. The van der Waals surface area contributed by atoms with Crippen LogP contribution in [0.3, 0.4) is 0 Å². The van der Waals surface area contributed by atoms with Gasteiger partial charge in [-0.2, -0.15) is 0 Å². The fourth-order valence-corrected chi connectivity index (χ4v) is 5.68. The van der Waals surface area contributed by atoms with E-state index in [0.29, 0.717) is 29.9 Å². The number of nitrogens with one attached hydrogen (secondary N) is 1. The first-order valence-electron chi connectivity index (χ1n) is 11.5. The summed E-state index contributed by atoms with van der Waals surface area (Å²) in [6.45, 7) is 8.85. The van der Waals surface area contributed by atoms with Crippen molar-refractivity contribution in [1.29, 1.82) is 0 Å². The van der Waals surface area contributed by atoms with E-state index in [1.54, 1.807) is 0 Å². The van der Waals surface area contributed by atoms with Crippen molar-refractivity contribution in [3.05, 3.63) is 65.2 Å². The molecule has 0 amide bonds. The van der Waals surface area contributed by atoms with E-state index in [9.17, 15) is 4.79 Å². The third-order valence-electron chi connectivity index (χ3n) is 8.33. The van der Waals surface area contributed by atoms with Crippen molar-refractivity contribution in [2.24, 2.45) is 16.7 Å². The van der Waals surface area contributed by atoms with Gasteiger partial charge in [0.15, 0.2) is 0 Å². The highest BCUT2D eigenvalue weighted by molar-refractivity contribution is 5.67. The van der Waals surface area contributed by atoms with Crippen LogP contribution >= 0.6 is 0 Å². The van der Waals surface area contributed by atoms with Crippen molar-refractivity contribution in [1.82, 2.24) is 5.32 Å². The summed E-state index contributed by atoms with van der Waals surface area (Å²) in [5.74, 6) is 0.894. The molecular weight excluding hydrogens is 386 g/mol. The highest BCUT2D eigenvalue weighted by atomic mass is 16.5. The van der Waals surface area contributed by atoms with E-state index < -0.39 is 5.97 Å². The topological polar surface area (TPSA) is 58.6 Å². The summed E-state index contributed by atoms with van der Waals surface area (Å²) in [6.07, 6.45) is 4.74. The molecular formula is C27H35NO3. The second-order valence-electron chi connectivity index (χ2n) is 10.2. The van der Waals surface area contributed by atoms with Gasteiger partial charge in [-0.1, -0.05) is 57.2 Å². The van der Waals surface area contributed by atoms with Crippen LogP contribution in [0.4, 0.5) is 0 Å². The molecule has 2 fully saturated rings. The molecule has 2 saturated carbocycles. The monoisotopic (exact) mass is 421 g/mol. The Morgan fingerprint density at radius 1 is 1.03 bits per heavy atom. The van der Waals surface area contributed by atoms with Crippen LogP contribution in [0.2, 0.25) is 0 Å². The number of benzene rings is 2.